The zero-order valence-electron chi connectivity index (χ0n) is 16.5. The van der Waals surface area contributed by atoms with Crippen LogP contribution in [0.4, 0.5) is 10.5 Å². The minimum absolute atomic E-state index is 0.429. The molecule has 0 saturated carbocycles. The molecule has 2 N–H and O–H groups in total. The maximum absolute atomic E-state index is 12.4. The van der Waals surface area contributed by atoms with Gasteiger partial charge in [0.05, 0.1) is 5.56 Å². The lowest BCUT2D eigenvalue weighted by atomic mass is 9.88. The van der Waals surface area contributed by atoms with Crippen LogP contribution < -0.4 is 20.1 Å². The molecule has 1 aliphatic heterocycles. The summed E-state index contributed by atoms with van der Waals surface area (Å²) in [5.41, 5.74) is 2.00. The fourth-order valence-corrected chi connectivity index (χ4v) is 4.74. The van der Waals surface area contributed by atoms with E-state index in [1.807, 2.05) is 0 Å². The van der Waals surface area contributed by atoms with E-state index in [0.717, 1.165) is 24.8 Å². The van der Waals surface area contributed by atoms with Crippen LogP contribution >= 0.6 is 11.3 Å². The van der Waals surface area contributed by atoms with Gasteiger partial charge in [0.1, 0.15) is 13.2 Å². The zero-order chi connectivity index (χ0) is 21.1. The van der Waals surface area contributed by atoms with Gasteiger partial charge in [-0.1, -0.05) is 6.92 Å². The lowest BCUT2D eigenvalue weighted by Crippen LogP contribution is -2.37. The zero-order valence-corrected chi connectivity index (χ0v) is 17.3. The van der Waals surface area contributed by atoms with E-state index in [1.165, 1.54) is 4.88 Å². The first-order chi connectivity index (χ1) is 14.5. The Labute approximate surface area is 177 Å². The number of anilines is 1. The first kappa shape index (κ1) is 20.2. The number of nitrogens with one attached hydrogen (secondary N) is 2. The maximum Gasteiger partial charge on any atom is 0.339 e. The molecule has 30 heavy (non-hydrogen) atoms. The number of carbonyl (C=O) groups excluding carboxylic acids is 3. The number of ether oxygens (including phenoxy) is 3. The van der Waals surface area contributed by atoms with E-state index in [4.69, 9.17) is 14.2 Å². The summed E-state index contributed by atoms with van der Waals surface area (Å²) in [6.07, 6.45) is 2.84. The molecule has 1 aliphatic carbocycles. The van der Waals surface area contributed by atoms with Crippen molar-refractivity contribution in [3.8, 4) is 11.5 Å². The summed E-state index contributed by atoms with van der Waals surface area (Å²) in [6.45, 7) is 2.56. The molecule has 0 fully saturated rings. The number of hydrogen-bond acceptors (Lipinski definition) is 7. The third-order valence-corrected chi connectivity index (χ3v) is 6.06. The van der Waals surface area contributed by atoms with Gasteiger partial charge in [-0.2, -0.15) is 0 Å². The lowest BCUT2D eigenvalue weighted by Gasteiger charge is -2.19. The molecule has 0 unspecified atom stereocenters. The highest BCUT2D eigenvalue weighted by atomic mass is 32.1. The molecule has 0 saturated heterocycles. The van der Waals surface area contributed by atoms with E-state index in [0.29, 0.717) is 41.9 Å². The minimum atomic E-state index is -0.727. The number of rotatable bonds is 4. The highest BCUT2D eigenvalue weighted by Crippen LogP contribution is 2.33. The smallest absolute Gasteiger partial charge is 0.339 e. The number of imide groups is 1. The van der Waals surface area contributed by atoms with Gasteiger partial charge >= 0.3 is 12.0 Å². The number of benzene rings is 1. The number of fused-ring (bicyclic) bond motifs is 2. The van der Waals surface area contributed by atoms with E-state index in [1.54, 1.807) is 34.9 Å². The van der Waals surface area contributed by atoms with Crippen LogP contribution in [0.2, 0.25) is 0 Å². The van der Waals surface area contributed by atoms with Gasteiger partial charge in [-0.15, -0.1) is 11.3 Å². The van der Waals surface area contributed by atoms with Gasteiger partial charge in [-0.25, -0.2) is 9.59 Å². The predicted octanol–water partition coefficient (Wildman–Crippen LogP) is 3.15. The molecule has 1 aromatic carbocycles. The molecule has 158 valence electrons. The van der Waals surface area contributed by atoms with Crippen LogP contribution in [0.15, 0.2) is 23.6 Å². The molecule has 3 amide bonds. The van der Waals surface area contributed by atoms with Gasteiger partial charge in [0.15, 0.2) is 18.1 Å². The number of hydrogen-bond donors (Lipinski definition) is 2. The number of amides is 3. The van der Waals surface area contributed by atoms with Crippen LogP contribution in [-0.2, 0) is 22.4 Å². The van der Waals surface area contributed by atoms with Crippen molar-refractivity contribution in [1.82, 2.24) is 5.32 Å². The van der Waals surface area contributed by atoms with Crippen molar-refractivity contribution in [1.29, 1.82) is 0 Å². The standard InChI is InChI=1S/C21H22N2O6S/c1-12-2-4-14-15(11-30-18(14)8-12)20(25)29-10-19(24)23-21(26)22-13-3-5-16-17(9-13)28-7-6-27-16/h3,5,9,11-12H,2,4,6-8,10H2,1H3,(H2,22,23,24,26)/t12-/m1/s1. The van der Waals surface area contributed by atoms with Crippen molar-refractivity contribution < 1.29 is 28.6 Å². The molecule has 1 aromatic heterocycles. The summed E-state index contributed by atoms with van der Waals surface area (Å²) >= 11 is 1.56. The number of carbonyl (C=O) groups is 3. The van der Waals surface area contributed by atoms with E-state index < -0.39 is 24.5 Å². The summed E-state index contributed by atoms with van der Waals surface area (Å²) in [7, 11) is 0. The van der Waals surface area contributed by atoms with Gasteiger partial charge in [0.25, 0.3) is 5.91 Å². The van der Waals surface area contributed by atoms with Gasteiger partial charge in [0, 0.05) is 22.0 Å². The average molecular weight is 430 g/mol. The van der Waals surface area contributed by atoms with Crippen LogP contribution in [0.3, 0.4) is 0 Å². The van der Waals surface area contributed by atoms with Crippen molar-refractivity contribution in [3.63, 3.8) is 0 Å². The van der Waals surface area contributed by atoms with Crippen LogP contribution in [0.1, 0.15) is 34.1 Å². The summed E-state index contributed by atoms with van der Waals surface area (Å²) in [5.74, 6) is 0.479. The summed E-state index contributed by atoms with van der Waals surface area (Å²) in [6, 6.07) is 4.20. The highest BCUT2D eigenvalue weighted by Gasteiger charge is 2.24. The third kappa shape index (κ3) is 4.56. The monoisotopic (exact) mass is 430 g/mol. The normalized spacial score (nSPS) is 16.9. The predicted molar refractivity (Wildman–Crippen MR) is 110 cm³/mol. The number of thiophene rings is 1. The van der Waals surface area contributed by atoms with E-state index in [9.17, 15) is 14.4 Å². The average Bonchev–Trinajstić information content (AvgIpc) is 3.15. The molecule has 0 radical (unpaired) electrons. The van der Waals surface area contributed by atoms with Crippen molar-refractivity contribution >= 4 is 34.9 Å². The van der Waals surface area contributed by atoms with E-state index in [2.05, 4.69) is 17.6 Å². The molecule has 9 heteroatoms. The fourth-order valence-electron chi connectivity index (χ4n) is 3.50. The van der Waals surface area contributed by atoms with Gasteiger partial charge in [0.2, 0.25) is 0 Å². The maximum atomic E-state index is 12.4. The van der Waals surface area contributed by atoms with Gasteiger partial charge in [-0.3, -0.25) is 10.1 Å². The summed E-state index contributed by atoms with van der Waals surface area (Å²) < 4.78 is 16.0. The van der Waals surface area contributed by atoms with Gasteiger partial charge in [-0.05, 0) is 42.9 Å². The third-order valence-electron chi connectivity index (χ3n) is 5.01. The molecule has 2 heterocycles. The van der Waals surface area contributed by atoms with Crippen LogP contribution in [0.5, 0.6) is 11.5 Å². The Morgan fingerprint density at radius 1 is 1.20 bits per heavy atom. The Hall–Kier alpha value is -3.07. The van der Waals surface area contributed by atoms with Crippen molar-refractivity contribution in [2.24, 2.45) is 5.92 Å². The Morgan fingerprint density at radius 3 is 2.83 bits per heavy atom. The van der Waals surface area contributed by atoms with Crippen LogP contribution in [0.25, 0.3) is 0 Å². The largest absolute Gasteiger partial charge is 0.486 e. The van der Waals surface area contributed by atoms with E-state index >= 15 is 0 Å². The molecule has 0 spiro atoms. The molecule has 2 aliphatic rings. The van der Waals surface area contributed by atoms with Crippen molar-refractivity contribution in [3.05, 3.63) is 39.6 Å². The number of esters is 1. The minimum Gasteiger partial charge on any atom is -0.486 e. The molecule has 8 nitrogen and oxygen atoms in total. The Morgan fingerprint density at radius 2 is 2.00 bits per heavy atom. The molecule has 0 bridgehead atoms. The molecule has 1 atom stereocenters. The molecule has 2 aromatic rings. The molecule has 4 rings (SSSR count). The second-order valence-corrected chi connectivity index (χ2v) is 8.30. The van der Waals surface area contributed by atoms with Crippen LogP contribution in [-0.4, -0.2) is 37.7 Å². The highest BCUT2D eigenvalue weighted by molar-refractivity contribution is 7.10. The Kier molecular flexibility index (Phi) is 5.89. The summed E-state index contributed by atoms with van der Waals surface area (Å²) in [4.78, 5) is 37.6. The van der Waals surface area contributed by atoms with E-state index in [-0.39, 0.29) is 0 Å². The Bertz CT molecular complexity index is 986. The lowest BCUT2D eigenvalue weighted by molar-refractivity contribution is -0.123. The topological polar surface area (TPSA) is 103 Å². The summed E-state index contributed by atoms with van der Waals surface area (Å²) in [5, 5.41) is 6.47. The fraction of sp³-hybridized carbons (Fsp3) is 0.381. The second kappa shape index (κ2) is 8.74. The quantitative estimate of drug-likeness (QED) is 0.723. The number of urea groups is 1. The van der Waals surface area contributed by atoms with Crippen molar-refractivity contribution in [2.75, 3.05) is 25.1 Å². The first-order valence-electron chi connectivity index (χ1n) is 9.76. The second-order valence-electron chi connectivity index (χ2n) is 7.34. The van der Waals surface area contributed by atoms with Crippen LogP contribution in [0, 0.1) is 5.92 Å². The molecular weight excluding hydrogens is 408 g/mol. The van der Waals surface area contributed by atoms with Gasteiger partial charge < -0.3 is 19.5 Å². The first-order valence-corrected chi connectivity index (χ1v) is 10.6. The Balaban J connectivity index is 1.27. The van der Waals surface area contributed by atoms with Crippen molar-refractivity contribution in [2.45, 2.75) is 26.2 Å². The molecular formula is C21H22N2O6S. The SMILES string of the molecule is C[C@@H]1CCc2c(C(=O)OCC(=O)NC(=O)Nc3ccc4c(c3)OCCO4)csc2C1.